The van der Waals surface area contributed by atoms with Crippen LogP contribution in [0.1, 0.15) is 11.1 Å². The smallest absolute Gasteiger partial charge is 0.273 e. The molecule has 4 rings (SSSR count). The fraction of sp³-hybridized carbons (Fsp3) is 0.136. The second kappa shape index (κ2) is 7.60. The molecule has 0 unspecified atom stereocenters. The van der Waals surface area contributed by atoms with E-state index in [9.17, 15) is 14.0 Å². The number of hydrogen-bond donors (Lipinski definition) is 0. The molecule has 0 saturated heterocycles. The Labute approximate surface area is 160 Å². The molecule has 2 heterocycles. The summed E-state index contributed by atoms with van der Waals surface area (Å²) in [4.78, 5) is 30.2. The molecule has 0 amide bonds. The van der Waals surface area contributed by atoms with Gasteiger partial charge < -0.3 is 0 Å². The average molecular weight is 375 g/mol. The second-order valence-corrected chi connectivity index (χ2v) is 6.56. The van der Waals surface area contributed by atoms with Gasteiger partial charge in [0.15, 0.2) is 0 Å². The SMILES string of the molecule is O=c1c2cccnc2n(Cc2ccc(F)cc2)c(=O)n1CCc1ccccc1. The van der Waals surface area contributed by atoms with Crippen LogP contribution in [-0.4, -0.2) is 14.1 Å². The Morgan fingerprint density at radius 1 is 0.821 bits per heavy atom. The van der Waals surface area contributed by atoms with E-state index < -0.39 is 5.69 Å². The first-order valence-electron chi connectivity index (χ1n) is 9.00. The van der Waals surface area contributed by atoms with Gasteiger partial charge >= 0.3 is 5.69 Å². The molecule has 4 aromatic rings. The molecule has 140 valence electrons. The number of aromatic nitrogens is 3. The van der Waals surface area contributed by atoms with Crippen LogP contribution in [0.5, 0.6) is 0 Å². The average Bonchev–Trinajstić information content (AvgIpc) is 2.73. The van der Waals surface area contributed by atoms with E-state index in [-0.39, 0.29) is 24.5 Å². The molecule has 0 radical (unpaired) electrons. The first-order valence-corrected chi connectivity index (χ1v) is 9.00. The van der Waals surface area contributed by atoms with E-state index in [4.69, 9.17) is 0 Å². The molecule has 0 aliphatic heterocycles. The highest BCUT2D eigenvalue weighted by molar-refractivity contribution is 5.73. The van der Waals surface area contributed by atoms with Gasteiger partial charge in [-0.25, -0.2) is 14.2 Å². The quantitative estimate of drug-likeness (QED) is 0.539. The number of nitrogens with zero attached hydrogens (tertiary/aromatic N) is 3. The number of hydrogen-bond acceptors (Lipinski definition) is 3. The van der Waals surface area contributed by atoms with Crippen LogP contribution in [0, 0.1) is 5.82 Å². The van der Waals surface area contributed by atoms with E-state index in [1.807, 2.05) is 30.3 Å². The van der Waals surface area contributed by atoms with Gasteiger partial charge in [0.1, 0.15) is 11.5 Å². The third kappa shape index (κ3) is 3.49. The molecular weight excluding hydrogens is 357 g/mol. The third-order valence-corrected chi connectivity index (χ3v) is 4.70. The van der Waals surface area contributed by atoms with Gasteiger partial charge in [-0.3, -0.25) is 13.9 Å². The predicted molar refractivity (Wildman–Crippen MR) is 106 cm³/mol. The molecule has 6 heteroatoms. The van der Waals surface area contributed by atoms with E-state index >= 15 is 0 Å². The Morgan fingerprint density at radius 3 is 2.32 bits per heavy atom. The lowest BCUT2D eigenvalue weighted by Gasteiger charge is -2.13. The van der Waals surface area contributed by atoms with Gasteiger partial charge in [-0.05, 0) is 41.8 Å². The topological polar surface area (TPSA) is 56.9 Å². The molecular formula is C22H18FN3O2. The predicted octanol–water partition coefficient (Wildman–Crippen LogP) is 2.99. The van der Waals surface area contributed by atoms with Crippen molar-refractivity contribution in [3.8, 4) is 0 Å². The summed E-state index contributed by atoms with van der Waals surface area (Å²) in [5.74, 6) is -0.341. The van der Waals surface area contributed by atoms with Crippen LogP contribution in [0.25, 0.3) is 11.0 Å². The summed E-state index contributed by atoms with van der Waals surface area (Å²) < 4.78 is 15.9. The number of aryl methyl sites for hydroxylation is 1. The van der Waals surface area contributed by atoms with E-state index in [0.717, 1.165) is 11.1 Å². The van der Waals surface area contributed by atoms with Gasteiger partial charge in [0, 0.05) is 12.7 Å². The Hall–Kier alpha value is -3.54. The molecule has 2 aromatic carbocycles. The second-order valence-electron chi connectivity index (χ2n) is 6.56. The molecule has 0 aliphatic carbocycles. The van der Waals surface area contributed by atoms with Crippen molar-refractivity contribution in [2.45, 2.75) is 19.5 Å². The number of pyridine rings is 1. The van der Waals surface area contributed by atoms with Crippen LogP contribution < -0.4 is 11.2 Å². The van der Waals surface area contributed by atoms with Gasteiger partial charge in [-0.2, -0.15) is 0 Å². The number of benzene rings is 2. The highest BCUT2D eigenvalue weighted by Crippen LogP contribution is 2.09. The minimum absolute atomic E-state index is 0.207. The zero-order chi connectivity index (χ0) is 19.5. The monoisotopic (exact) mass is 375 g/mol. The van der Waals surface area contributed by atoms with Crippen molar-refractivity contribution in [1.82, 2.24) is 14.1 Å². The lowest BCUT2D eigenvalue weighted by molar-refractivity contribution is 0.586. The van der Waals surface area contributed by atoms with Gasteiger partial charge in [0.2, 0.25) is 0 Å². The molecule has 28 heavy (non-hydrogen) atoms. The molecule has 0 atom stereocenters. The van der Waals surface area contributed by atoms with E-state index in [1.165, 1.54) is 21.3 Å². The summed E-state index contributed by atoms with van der Waals surface area (Å²) in [5.41, 5.74) is 1.36. The molecule has 0 fully saturated rings. The van der Waals surface area contributed by atoms with Crippen molar-refractivity contribution in [2.75, 3.05) is 0 Å². The highest BCUT2D eigenvalue weighted by atomic mass is 19.1. The normalized spacial score (nSPS) is 11.0. The maximum Gasteiger partial charge on any atom is 0.332 e. The van der Waals surface area contributed by atoms with E-state index in [0.29, 0.717) is 17.5 Å². The fourth-order valence-electron chi connectivity index (χ4n) is 3.25. The summed E-state index contributed by atoms with van der Waals surface area (Å²) >= 11 is 0. The van der Waals surface area contributed by atoms with Crippen molar-refractivity contribution < 1.29 is 4.39 Å². The zero-order valence-electron chi connectivity index (χ0n) is 15.1. The molecule has 5 nitrogen and oxygen atoms in total. The van der Waals surface area contributed by atoms with Crippen LogP contribution in [0.4, 0.5) is 4.39 Å². The van der Waals surface area contributed by atoms with Crippen molar-refractivity contribution in [2.24, 2.45) is 0 Å². The van der Waals surface area contributed by atoms with Crippen LogP contribution >= 0.6 is 0 Å². The van der Waals surface area contributed by atoms with E-state index in [2.05, 4.69) is 4.98 Å². The summed E-state index contributed by atoms with van der Waals surface area (Å²) in [5, 5.41) is 0.386. The van der Waals surface area contributed by atoms with Gasteiger partial charge in [-0.1, -0.05) is 42.5 Å². The Morgan fingerprint density at radius 2 is 1.57 bits per heavy atom. The van der Waals surface area contributed by atoms with Crippen LogP contribution in [0.15, 0.2) is 82.5 Å². The molecule has 0 saturated carbocycles. The zero-order valence-corrected chi connectivity index (χ0v) is 15.1. The first kappa shape index (κ1) is 17.9. The molecule has 0 spiro atoms. The Balaban J connectivity index is 1.80. The lowest BCUT2D eigenvalue weighted by Crippen LogP contribution is -2.41. The van der Waals surface area contributed by atoms with E-state index in [1.54, 1.807) is 30.5 Å². The maximum absolute atomic E-state index is 13.2. The van der Waals surface area contributed by atoms with Crippen LogP contribution in [-0.2, 0) is 19.5 Å². The van der Waals surface area contributed by atoms with Gasteiger partial charge in [0.05, 0.1) is 11.9 Å². The standard InChI is InChI=1S/C22H18FN3O2/c23-18-10-8-17(9-11-18)15-26-20-19(7-4-13-24-20)21(27)25(22(26)28)14-12-16-5-2-1-3-6-16/h1-11,13H,12,14-15H2. The largest absolute Gasteiger partial charge is 0.332 e. The Bertz CT molecular complexity index is 1230. The van der Waals surface area contributed by atoms with Crippen molar-refractivity contribution in [3.63, 3.8) is 0 Å². The fourth-order valence-corrected chi connectivity index (χ4v) is 3.25. The summed E-state index contributed by atoms with van der Waals surface area (Å²) in [6.07, 6.45) is 2.12. The first-order chi connectivity index (χ1) is 13.6. The molecule has 0 bridgehead atoms. The van der Waals surface area contributed by atoms with Crippen LogP contribution in [0.3, 0.4) is 0 Å². The summed E-state index contributed by atoms with van der Waals surface area (Å²) in [7, 11) is 0. The van der Waals surface area contributed by atoms with Gasteiger partial charge in [-0.15, -0.1) is 0 Å². The number of fused-ring (bicyclic) bond motifs is 1. The number of halogens is 1. The van der Waals surface area contributed by atoms with Crippen molar-refractivity contribution in [3.05, 3.63) is 111 Å². The number of rotatable bonds is 5. The maximum atomic E-state index is 13.2. The van der Waals surface area contributed by atoms with Crippen molar-refractivity contribution >= 4 is 11.0 Å². The summed E-state index contributed by atoms with van der Waals surface area (Å²) in [6, 6.07) is 19.0. The minimum atomic E-state index is -0.420. The molecule has 0 N–H and O–H groups in total. The minimum Gasteiger partial charge on any atom is -0.273 e. The highest BCUT2D eigenvalue weighted by Gasteiger charge is 2.14. The Kier molecular flexibility index (Phi) is 4.85. The van der Waals surface area contributed by atoms with Crippen molar-refractivity contribution in [1.29, 1.82) is 0 Å². The third-order valence-electron chi connectivity index (χ3n) is 4.70. The lowest BCUT2D eigenvalue weighted by atomic mass is 10.1. The summed E-state index contributed by atoms with van der Waals surface area (Å²) in [6.45, 7) is 0.480. The molecule has 2 aromatic heterocycles. The van der Waals surface area contributed by atoms with Gasteiger partial charge in [0.25, 0.3) is 5.56 Å². The molecule has 0 aliphatic rings. The van der Waals surface area contributed by atoms with Crippen LogP contribution in [0.2, 0.25) is 0 Å².